The maximum absolute atomic E-state index is 12.9. The summed E-state index contributed by atoms with van der Waals surface area (Å²) in [5, 5.41) is 25.0. The van der Waals surface area contributed by atoms with Crippen LogP contribution in [0.5, 0.6) is 0 Å². The van der Waals surface area contributed by atoms with Crippen molar-refractivity contribution >= 4 is 29.7 Å². The molecule has 0 saturated carbocycles. The van der Waals surface area contributed by atoms with Crippen LogP contribution in [0.2, 0.25) is 0 Å². The number of aliphatic hydroxyl groups is 1. The smallest absolute Gasteiger partial charge is 0.336 e. The van der Waals surface area contributed by atoms with E-state index in [0.29, 0.717) is 17.1 Å². The molecule has 1 fully saturated rings. The molecule has 6 rings (SSSR count). The van der Waals surface area contributed by atoms with Gasteiger partial charge in [0, 0.05) is 35.1 Å². The quantitative estimate of drug-likeness (QED) is 0.0661. The minimum absolute atomic E-state index is 0.0583. The van der Waals surface area contributed by atoms with Gasteiger partial charge in [-0.3, -0.25) is 0 Å². The largest absolute Gasteiger partial charge is 0.478 e. The summed E-state index contributed by atoms with van der Waals surface area (Å²) >= 11 is 1.45. The molecular weight excluding hydrogens is 717 g/mol. The number of hydrogen-bond donors (Lipinski definition) is 4. The van der Waals surface area contributed by atoms with E-state index in [9.17, 15) is 24.6 Å². The second-order valence-corrected chi connectivity index (χ2v) is 14.4. The number of hydrogen-bond acceptors (Lipinski definition) is 8. The van der Waals surface area contributed by atoms with E-state index in [4.69, 9.17) is 14.2 Å². The normalized spacial score (nSPS) is 18.5. The Morgan fingerprint density at radius 3 is 2.20 bits per heavy atom. The monoisotopic (exact) mass is 760 g/mol. The predicted molar refractivity (Wildman–Crippen MR) is 210 cm³/mol. The molecule has 0 bridgehead atoms. The van der Waals surface area contributed by atoms with Crippen LogP contribution in [0.4, 0.5) is 4.79 Å². The number of urea groups is 1. The van der Waals surface area contributed by atoms with Crippen LogP contribution in [0.3, 0.4) is 0 Å². The zero-order chi connectivity index (χ0) is 38.7. The first-order valence-corrected chi connectivity index (χ1v) is 19.0. The number of carboxylic acid groups (broad SMARTS) is 1. The third kappa shape index (κ3) is 10.2. The zero-order valence-electron chi connectivity index (χ0n) is 30.6. The summed E-state index contributed by atoms with van der Waals surface area (Å²) in [6, 6.07) is 38.5. The fourth-order valence-electron chi connectivity index (χ4n) is 6.55. The molecule has 0 radical (unpaired) electrons. The first-order valence-electron chi connectivity index (χ1n) is 18.0. The number of nitrogens with one attached hydrogen (secondary N) is 2. The molecule has 284 valence electrons. The number of ether oxygens (including phenoxy) is 3. The molecule has 1 aliphatic heterocycles. The fourth-order valence-corrected chi connectivity index (χ4v) is 7.77. The molecule has 0 unspecified atom stereocenters. The van der Waals surface area contributed by atoms with Crippen LogP contribution < -0.4 is 10.6 Å². The molecule has 0 aromatic heterocycles. The van der Waals surface area contributed by atoms with E-state index >= 15 is 0 Å². The van der Waals surface area contributed by atoms with Crippen LogP contribution in [-0.4, -0.2) is 53.2 Å². The van der Waals surface area contributed by atoms with Gasteiger partial charge in [0.15, 0.2) is 6.29 Å². The Morgan fingerprint density at radius 1 is 0.782 bits per heavy atom. The Morgan fingerprint density at radius 2 is 1.47 bits per heavy atom. The number of amides is 2. The number of aromatic carboxylic acids is 1. The van der Waals surface area contributed by atoms with E-state index in [2.05, 4.69) is 17.6 Å². The highest BCUT2D eigenvalue weighted by atomic mass is 32.2. The summed E-state index contributed by atoms with van der Waals surface area (Å²) in [7, 11) is 1.30. The van der Waals surface area contributed by atoms with E-state index < -0.39 is 30.3 Å². The summed E-state index contributed by atoms with van der Waals surface area (Å²) in [4.78, 5) is 37.9. The minimum atomic E-state index is -0.977. The number of esters is 1. The van der Waals surface area contributed by atoms with Crippen LogP contribution in [0.1, 0.15) is 57.5 Å². The number of thioether (sulfide) groups is 1. The van der Waals surface area contributed by atoms with Crippen molar-refractivity contribution in [1.82, 2.24) is 10.6 Å². The van der Waals surface area contributed by atoms with Crippen LogP contribution in [0.15, 0.2) is 132 Å². The van der Waals surface area contributed by atoms with Gasteiger partial charge >= 0.3 is 18.0 Å². The van der Waals surface area contributed by atoms with E-state index in [1.165, 1.54) is 18.9 Å². The summed E-state index contributed by atoms with van der Waals surface area (Å²) in [5.41, 5.74) is 6.43. The molecule has 4 N–H and O–H groups in total. The Kier molecular flexibility index (Phi) is 13.4. The minimum Gasteiger partial charge on any atom is -0.478 e. The summed E-state index contributed by atoms with van der Waals surface area (Å²) in [5.74, 6) is -1.08. The van der Waals surface area contributed by atoms with Crippen molar-refractivity contribution in [3.8, 4) is 11.1 Å². The number of rotatable bonds is 14. The number of aliphatic hydroxyl groups excluding tert-OH is 1. The zero-order valence-corrected chi connectivity index (χ0v) is 31.4. The van der Waals surface area contributed by atoms with Crippen molar-refractivity contribution in [2.75, 3.05) is 12.9 Å². The predicted octanol–water partition coefficient (Wildman–Crippen LogP) is 7.71. The standard InChI is InChI=1S/C44H44N2O8S/c1-28-38(27-55-39-17-7-6-16-36(39)41(48)49)53-43(54-40(28)32-20-18-30(26-47)19-21-32)35-15-9-14-34(24-35)33-13-8-12-31(22-33)25-45-44(51)46-37(42(50)52-2)23-29-10-4-3-5-11-29/h3-22,24,28,37-38,40,43,47H,23,25-27H2,1-2H3,(H,48,49)(H2,45,46,51)/t28-,37-,38+,40+,43+/m0/s1. The van der Waals surface area contributed by atoms with Crippen molar-refractivity contribution in [3.05, 3.63) is 161 Å². The van der Waals surface area contributed by atoms with Gasteiger partial charge in [0.1, 0.15) is 6.04 Å². The van der Waals surface area contributed by atoms with Crippen molar-refractivity contribution < 1.29 is 38.8 Å². The maximum Gasteiger partial charge on any atom is 0.336 e. The van der Waals surface area contributed by atoms with E-state index in [0.717, 1.165) is 38.9 Å². The van der Waals surface area contributed by atoms with E-state index in [1.807, 2.05) is 115 Å². The molecule has 0 spiro atoms. The summed E-state index contributed by atoms with van der Waals surface area (Å²) < 4.78 is 18.3. The topological polar surface area (TPSA) is 143 Å². The highest BCUT2D eigenvalue weighted by Crippen LogP contribution is 2.43. The SMILES string of the molecule is COC(=O)[C@H](Cc1ccccc1)NC(=O)NCc1cccc(-c2cccc([C@@H]3O[C@H](CSc4ccccc4C(=O)O)[C@H](C)[C@H](c4ccc(CO)cc4)O3)c2)c1. The molecular formula is C44H44N2O8S. The van der Waals surface area contributed by atoms with Gasteiger partial charge in [0.05, 0.1) is 31.5 Å². The molecule has 5 aromatic carbocycles. The molecule has 1 saturated heterocycles. The molecule has 10 nitrogen and oxygen atoms in total. The number of methoxy groups -OCH3 is 1. The van der Waals surface area contributed by atoms with Crippen molar-refractivity contribution in [1.29, 1.82) is 0 Å². The van der Waals surface area contributed by atoms with Crippen molar-refractivity contribution in [3.63, 3.8) is 0 Å². The lowest BCUT2D eigenvalue weighted by Crippen LogP contribution is -2.47. The lowest BCUT2D eigenvalue weighted by Gasteiger charge is -2.41. The van der Waals surface area contributed by atoms with Gasteiger partial charge in [-0.25, -0.2) is 14.4 Å². The van der Waals surface area contributed by atoms with Gasteiger partial charge in [0.25, 0.3) is 0 Å². The van der Waals surface area contributed by atoms with Gasteiger partial charge in [-0.1, -0.05) is 110 Å². The number of carboxylic acids is 1. The van der Waals surface area contributed by atoms with Crippen LogP contribution in [0.25, 0.3) is 11.1 Å². The molecule has 2 amide bonds. The molecule has 5 aromatic rings. The second-order valence-electron chi connectivity index (χ2n) is 13.4. The lowest BCUT2D eigenvalue weighted by atomic mass is 9.91. The van der Waals surface area contributed by atoms with Crippen LogP contribution in [-0.2, 0) is 38.6 Å². The third-order valence-electron chi connectivity index (χ3n) is 9.59. The average Bonchev–Trinajstić information content (AvgIpc) is 3.22. The van der Waals surface area contributed by atoms with Gasteiger partial charge in [0.2, 0.25) is 0 Å². The maximum atomic E-state index is 12.9. The first kappa shape index (κ1) is 39.2. The molecule has 1 heterocycles. The van der Waals surface area contributed by atoms with Crippen molar-refractivity contribution in [2.45, 2.75) is 55.9 Å². The van der Waals surface area contributed by atoms with Crippen molar-refractivity contribution in [2.24, 2.45) is 5.92 Å². The average molecular weight is 761 g/mol. The summed E-state index contributed by atoms with van der Waals surface area (Å²) in [6.07, 6.45) is -1.03. The Balaban J connectivity index is 1.17. The number of carbonyl (C=O) groups excluding carboxylic acids is 2. The van der Waals surface area contributed by atoms with Gasteiger partial charge < -0.3 is 35.1 Å². The Labute approximate surface area is 324 Å². The molecule has 5 atom stereocenters. The van der Waals surface area contributed by atoms with Crippen LogP contribution >= 0.6 is 11.8 Å². The fraction of sp³-hybridized carbons (Fsp3) is 0.250. The number of carbonyl (C=O) groups is 3. The van der Waals surface area contributed by atoms with Gasteiger partial charge in [-0.15, -0.1) is 11.8 Å². The Hall–Kier alpha value is -5.46. The van der Waals surface area contributed by atoms with Gasteiger partial charge in [-0.2, -0.15) is 0 Å². The highest BCUT2D eigenvalue weighted by Gasteiger charge is 2.38. The number of benzene rings is 5. The van der Waals surface area contributed by atoms with Gasteiger partial charge in [-0.05, 0) is 57.6 Å². The Bertz CT molecular complexity index is 2080. The van der Waals surface area contributed by atoms with Crippen LogP contribution in [0, 0.1) is 5.92 Å². The molecule has 0 aliphatic carbocycles. The summed E-state index contributed by atoms with van der Waals surface area (Å²) in [6.45, 7) is 2.24. The molecule has 55 heavy (non-hydrogen) atoms. The second kappa shape index (κ2) is 18.7. The first-order chi connectivity index (χ1) is 26.7. The molecule has 11 heteroatoms. The lowest BCUT2D eigenvalue weighted by molar-refractivity contribution is -0.268. The third-order valence-corrected chi connectivity index (χ3v) is 10.8. The van der Waals surface area contributed by atoms with E-state index in [1.54, 1.807) is 12.1 Å². The molecule has 1 aliphatic rings. The highest BCUT2D eigenvalue weighted by molar-refractivity contribution is 7.99. The van der Waals surface area contributed by atoms with E-state index in [-0.39, 0.29) is 36.8 Å².